The van der Waals surface area contributed by atoms with E-state index in [4.69, 9.17) is 23.2 Å². The lowest BCUT2D eigenvalue weighted by atomic mass is 10.1. The van der Waals surface area contributed by atoms with Crippen LogP contribution in [0.2, 0.25) is 10.0 Å². The predicted octanol–water partition coefficient (Wildman–Crippen LogP) is 3.36. The summed E-state index contributed by atoms with van der Waals surface area (Å²) in [5.74, 6) is 0. The maximum absolute atomic E-state index is 5.96. The molecule has 2 aliphatic rings. The van der Waals surface area contributed by atoms with E-state index < -0.39 is 0 Å². The first kappa shape index (κ1) is 8.69. The van der Waals surface area contributed by atoms with Gasteiger partial charge in [0.15, 0.2) is 0 Å². The SMILES string of the molecule is Clc1cc2c(cc1Cl)NC1(CC1)CN2. The first-order chi connectivity index (χ1) is 6.69. The standard InChI is InChI=1S/C10H10Cl2N2/c11-6-3-8-9(4-7(6)12)14-10(1-2-10)5-13-8/h3-4,13-14H,1-2,5H2. The van der Waals surface area contributed by atoms with Crippen LogP contribution in [0.25, 0.3) is 0 Å². The lowest BCUT2D eigenvalue weighted by Gasteiger charge is -2.28. The Balaban J connectivity index is 2.04. The van der Waals surface area contributed by atoms with Crippen LogP contribution in [-0.4, -0.2) is 12.1 Å². The van der Waals surface area contributed by atoms with Crippen molar-refractivity contribution in [2.24, 2.45) is 0 Å². The monoisotopic (exact) mass is 228 g/mol. The highest BCUT2D eigenvalue weighted by atomic mass is 35.5. The Morgan fingerprint density at radius 1 is 1.07 bits per heavy atom. The van der Waals surface area contributed by atoms with Crippen molar-refractivity contribution in [1.29, 1.82) is 0 Å². The van der Waals surface area contributed by atoms with Gasteiger partial charge in [-0.05, 0) is 25.0 Å². The molecule has 3 rings (SSSR count). The number of hydrogen-bond acceptors (Lipinski definition) is 2. The maximum Gasteiger partial charge on any atom is 0.0614 e. The molecule has 2 nitrogen and oxygen atoms in total. The van der Waals surface area contributed by atoms with Crippen LogP contribution in [0.15, 0.2) is 12.1 Å². The molecule has 0 saturated heterocycles. The fourth-order valence-electron chi connectivity index (χ4n) is 1.84. The molecule has 0 unspecified atom stereocenters. The van der Waals surface area contributed by atoms with Crippen LogP contribution in [0.3, 0.4) is 0 Å². The average molecular weight is 229 g/mol. The summed E-state index contributed by atoms with van der Waals surface area (Å²) in [5.41, 5.74) is 2.42. The minimum atomic E-state index is 0.296. The number of hydrogen-bond donors (Lipinski definition) is 2. The summed E-state index contributed by atoms with van der Waals surface area (Å²) >= 11 is 11.9. The van der Waals surface area contributed by atoms with Crippen molar-refractivity contribution in [1.82, 2.24) is 0 Å². The predicted molar refractivity (Wildman–Crippen MR) is 60.5 cm³/mol. The van der Waals surface area contributed by atoms with Crippen LogP contribution >= 0.6 is 23.2 Å². The Labute approximate surface area is 92.6 Å². The number of nitrogens with one attached hydrogen (secondary N) is 2. The number of halogens is 2. The van der Waals surface area contributed by atoms with Crippen LogP contribution in [-0.2, 0) is 0 Å². The molecule has 4 heteroatoms. The van der Waals surface area contributed by atoms with Crippen LogP contribution in [0.4, 0.5) is 11.4 Å². The molecule has 0 aromatic heterocycles. The van der Waals surface area contributed by atoms with Gasteiger partial charge < -0.3 is 10.6 Å². The first-order valence-electron chi connectivity index (χ1n) is 4.70. The molecule has 1 aromatic rings. The van der Waals surface area contributed by atoms with Gasteiger partial charge in [0.25, 0.3) is 0 Å². The Kier molecular flexibility index (Phi) is 1.68. The van der Waals surface area contributed by atoms with Gasteiger partial charge in [-0.3, -0.25) is 0 Å². The highest BCUT2D eigenvalue weighted by molar-refractivity contribution is 6.42. The zero-order valence-electron chi connectivity index (χ0n) is 7.53. The molecule has 2 N–H and O–H groups in total. The molecule has 0 bridgehead atoms. The quantitative estimate of drug-likeness (QED) is 0.712. The molecule has 0 radical (unpaired) electrons. The van der Waals surface area contributed by atoms with Crippen molar-refractivity contribution < 1.29 is 0 Å². The maximum atomic E-state index is 5.96. The van der Waals surface area contributed by atoms with E-state index in [1.54, 1.807) is 0 Å². The Morgan fingerprint density at radius 2 is 1.71 bits per heavy atom. The van der Waals surface area contributed by atoms with E-state index in [-0.39, 0.29) is 0 Å². The van der Waals surface area contributed by atoms with Gasteiger partial charge in [-0.2, -0.15) is 0 Å². The molecule has 1 saturated carbocycles. The topological polar surface area (TPSA) is 24.1 Å². The van der Waals surface area contributed by atoms with Crippen LogP contribution < -0.4 is 10.6 Å². The largest absolute Gasteiger partial charge is 0.381 e. The van der Waals surface area contributed by atoms with Crippen LogP contribution in [0.1, 0.15) is 12.8 Å². The normalized spacial score (nSPS) is 21.0. The van der Waals surface area contributed by atoms with Crippen molar-refractivity contribution >= 4 is 34.6 Å². The van der Waals surface area contributed by atoms with Crippen molar-refractivity contribution in [2.75, 3.05) is 17.2 Å². The smallest absolute Gasteiger partial charge is 0.0614 e. The van der Waals surface area contributed by atoms with E-state index in [0.717, 1.165) is 17.9 Å². The highest BCUT2D eigenvalue weighted by Gasteiger charge is 2.44. The molecule has 0 atom stereocenters. The van der Waals surface area contributed by atoms with Gasteiger partial charge in [-0.15, -0.1) is 0 Å². The second-order valence-corrected chi connectivity index (χ2v) is 4.89. The molecule has 1 spiro atoms. The Morgan fingerprint density at radius 3 is 2.36 bits per heavy atom. The fourth-order valence-corrected chi connectivity index (χ4v) is 2.17. The molecule has 1 aliphatic carbocycles. The van der Waals surface area contributed by atoms with E-state index in [1.165, 1.54) is 12.8 Å². The summed E-state index contributed by atoms with van der Waals surface area (Å²) in [6, 6.07) is 3.77. The van der Waals surface area contributed by atoms with Crippen molar-refractivity contribution in [3.63, 3.8) is 0 Å². The minimum Gasteiger partial charge on any atom is -0.381 e. The Bertz CT molecular complexity index is 399. The zero-order chi connectivity index (χ0) is 9.76. The highest BCUT2D eigenvalue weighted by Crippen LogP contribution is 2.45. The average Bonchev–Trinajstić information content (AvgIpc) is 2.89. The van der Waals surface area contributed by atoms with Crippen molar-refractivity contribution in [3.05, 3.63) is 22.2 Å². The van der Waals surface area contributed by atoms with Crippen LogP contribution in [0.5, 0.6) is 0 Å². The molecular formula is C10H10Cl2N2. The summed E-state index contributed by atoms with van der Waals surface area (Å²) in [6.07, 6.45) is 2.47. The molecular weight excluding hydrogens is 219 g/mol. The lowest BCUT2D eigenvalue weighted by molar-refractivity contribution is 0.755. The third kappa shape index (κ3) is 1.25. The Hall–Kier alpha value is -0.600. The van der Waals surface area contributed by atoms with Gasteiger partial charge >= 0.3 is 0 Å². The van der Waals surface area contributed by atoms with Gasteiger partial charge in [0.1, 0.15) is 0 Å². The van der Waals surface area contributed by atoms with E-state index >= 15 is 0 Å². The second kappa shape index (κ2) is 2.71. The lowest BCUT2D eigenvalue weighted by Crippen LogP contribution is -2.34. The van der Waals surface area contributed by atoms with E-state index in [2.05, 4.69) is 10.6 Å². The molecule has 0 amide bonds. The molecule has 1 heterocycles. The van der Waals surface area contributed by atoms with Crippen molar-refractivity contribution in [3.8, 4) is 0 Å². The number of rotatable bonds is 0. The van der Waals surface area contributed by atoms with E-state index in [0.29, 0.717) is 15.6 Å². The molecule has 74 valence electrons. The van der Waals surface area contributed by atoms with E-state index in [1.807, 2.05) is 12.1 Å². The molecule has 14 heavy (non-hydrogen) atoms. The molecule has 1 aromatic carbocycles. The number of benzene rings is 1. The summed E-state index contributed by atoms with van der Waals surface area (Å²) in [6.45, 7) is 0.984. The molecule has 1 aliphatic heterocycles. The first-order valence-corrected chi connectivity index (χ1v) is 5.45. The van der Waals surface area contributed by atoms with Crippen LogP contribution in [0, 0.1) is 0 Å². The van der Waals surface area contributed by atoms with Gasteiger partial charge in [-0.25, -0.2) is 0 Å². The van der Waals surface area contributed by atoms with Crippen molar-refractivity contribution in [2.45, 2.75) is 18.4 Å². The third-order valence-electron chi connectivity index (χ3n) is 2.93. The van der Waals surface area contributed by atoms with E-state index in [9.17, 15) is 0 Å². The fraction of sp³-hybridized carbons (Fsp3) is 0.400. The number of anilines is 2. The van der Waals surface area contributed by atoms with Gasteiger partial charge in [0, 0.05) is 6.54 Å². The van der Waals surface area contributed by atoms with Gasteiger partial charge in [0.05, 0.1) is 27.0 Å². The van der Waals surface area contributed by atoms with Gasteiger partial charge in [-0.1, -0.05) is 23.2 Å². The zero-order valence-corrected chi connectivity index (χ0v) is 9.04. The second-order valence-electron chi connectivity index (χ2n) is 4.07. The number of fused-ring (bicyclic) bond motifs is 1. The van der Waals surface area contributed by atoms with Gasteiger partial charge in [0.2, 0.25) is 0 Å². The third-order valence-corrected chi connectivity index (χ3v) is 3.65. The summed E-state index contributed by atoms with van der Waals surface area (Å²) < 4.78 is 0. The summed E-state index contributed by atoms with van der Waals surface area (Å²) in [7, 11) is 0. The minimum absolute atomic E-state index is 0.296. The summed E-state index contributed by atoms with van der Waals surface area (Å²) in [4.78, 5) is 0. The summed E-state index contributed by atoms with van der Waals surface area (Å²) in [5, 5.41) is 8.10. The molecule has 1 fully saturated rings.